The number of hydrogen-bond donors (Lipinski definition) is 1. The second-order valence-electron chi connectivity index (χ2n) is 4.41. The molecule has 2 nitrogen and oxygen atoms in total. The number of nitrogens with one attached hydrogen (secondary N) is 1. The van der Waals surface area contributed by atoms with Crippen LogP contribution in [0.2, 0.25) is 0 Å². The second-order valence-corrected chi connectivity index (χ2v) is 4.41. The van der Waals surface area contributed by atoms with E-state index in [9.17, 15) is 4.79 Å². The van der Waals surface area contributed by atoms with Crippen LogP contribution in [0.15, 0.2) is 24.3 Å². The Morgan fingerprint density at radius 2 is 2.12 bits per heavy atom. The molecule has 16 heavy (non-hydrogen) atoms. The summed E-state index contributed by atoms with van der Waals surface area (Å²) < 4.78 is 0. The maximum absolute atomic E-state index is 11.8. The lowest BCUT2D eigenvalue weighted by molar-refractivity contribution is 0.0988. The average molecular weight is 219 g/mol. The van der Waals surface area contributed by atoms with E-state index < -0.39 is 0 Å². The molecule has 0 aliphatic heterocycles. The van der Waals surface area contributed by atoms with Crippen molar-refractivity contribution >= 4 is 5.78 Å². The van der Waals surface area contributed by atoms with Crippen LogP contribution in [-0.2, 0) is 6.42 Å². The van der Waals surface area contributed by atoms with Gasteiger partial charge in [-0.2, -0.15) is 0 Å². The smallest absolute Gasteiger partial charge is 0.176 e. The Labute approximate surface area is 98.1 Å². The van der Waals surface area contributed by atoms with Gasteiger partial charge >= 0.3 is 0 Å². The van der Waals surface area contributed by atoms with E-state index in [1.807, 2.05) is 32.0 Å². The highest BCUT2D eigenvalue weighted by Gasteiger charge is 2.06. The standard InChI is InChI=1S/C14H21NO/c1-4-6-12-7-5-8-13(9-12)14(16)10-15-11(2)3/h5,7-9,11,15H,4,6,10H2,1-3H3. The first kappa shape index (κ1) is 12.9. The molecule has 0 aromatic heterocycles. The average Bonchev–Trinajstić information content (AvgIpc) is 2.26. The Hall–Kier alpha value is -1.15. The molecule has 2 heteroatoms. The third-order valence-corrected chi connectivity index (χ3v) is 2.46. The van der Waals surface area contributed by atoms with Crippen molar-refractivity contribution in [3.05, 3.63) is 35.4 Å². The summed E-state index contributed by atoms with van der Waals surface area (Å²) in [5.41, 5.74) is 2.07. The van der Waals surface area contributed by atoms with Gasteiger partial charge in [0, 0.05) is 11.6 Å². The van der Waals surface area contributed by atoms with Crippen molar-refractivity contribution in [3.8, 4) is 0 Å². The Morgan fingerprint density at radius 1 is 1.38 bits per heavy atom. The predicted octanol–water partition coefficient (Wildman–Crippen LogP) is 2.82. The normalized spacial score (nSPS) is 10.8. The molecule has 1 N–H and O–H groups in total. The molecule has 0 aliphatic rings. The van der Waals surface area contributed by atoms with Gasteiger partial charge in [0.2, 0.25) is 0 Å². The lowest BCUT2D eigenvalue weighted by Gasteiger charge is -2.08. The first-order valence-corrected chi connectivity index (χ1v) is 5.99. The number of carbonyl (C=O) groups is 1. The summed E-state index contributed by atoms with van der Waals surface area (Å²) in [5, 5.41) is 3.15. The molecule has 0 atom stereocenters. The molecule has 0 amide bonds. The SMILES string of the molecule is CCCc1cccc(C(=O)CNC(C)C)c1. The molecule has 0 saturated heterocycles. The van der Waals surface area contributed by atoms with Crippen molar-refractivity contribution in [2.45, 2.75) is 39.7 Å². The zero-order valence-electron chi connectivity index (χ0n) is 10.4. The topological polar surface area (TPSA) is 29.1 Å². The zero-order valence-corrected chi connectivity index (χ0v) is 10.4. The van der Waals surface area contributed by atoms with Crippen LogP contribution in [-0.4, -0.2) is 18.4 Å². The van der Waals surface area contributed by atoms with Crippen molar-refractivity contribution in [1.82, 2.24) is 5.32 Å². The number of rotatable bonds is 6. The van der Waals surface area contributed by atoms with Crippen LogP contribution >= 0.6 is 0 Å². The molecule has 0 saturated carbocycles. The van der Waals surface area contributed by atoms with E-state index in [0.717, 1.165) is 18.4 Å². The molecular formula is C14H21NO. The number of Topliss-reactive ketones (excluding diaryl/α,β-unsaturated/α-hetero) is 1. The molecule has 0 heterocycles. The van der Waals surface area contributed by atoms with Gasteiger partial charge in [0.25, 0.3) is 0 Å². The van der Waals surface area contributed by atoms with Crippen LogP contribution in [0.1, 0.15) is 43.1 Å². The van der Waals surface area contributed by atoms with E-state index in [2.05, 4.69) is 18.3 Å². The van der Waals surface area contributed by atoms with Crippen molar-refractivity contribution in [3.63, 3.8) is 0 Å². The van der Waals surface area contributed by atoms with Crippen LogP contribution in [0.25, 0.3) is 0 Å². The highest BCUT2D eigenvalue weighted by molar-refractivity contribution is 5.97. The molecule has 0 fully saturated rings. The van der Waals surface area contributed by atoms with Crippen molar-refractivity contribution in [2.24, 2.45) is 0 Å². The minimum atomic E-state index is 0.173. The van der Waals surface area contributed by atoms with Gasteiger partial charge in [-0.1, -0.05) is 45.4 Å². The van der Waals surface area contributed by atoms with E-state index in [1.165, 1.54) is 5.56 Å². The van der Waals surface area contributed by atoms with Gasteiger partial charge in [-0.05, 0) is 18.1 Å². The monoisotopic (exact) mass is 219 g/mol. The minimum absolute atomic E-state index is 0.173. The summed E-state index contributed by atoms with van der Waals surface area (Å²) in [4.78, 5) is 11.8. The van der Waals surface area contributed by atoms with Crippen LogP contribution < -0.4 is 5.32 Å². The number of benzene rings is 1. The summed E-state index contributed by atoms with van der Waals surface area (Å²) in [6.07, 6.45) is 2.15. The van der Waals surface area contributed by atoms with Gasteiger partial charge in [0.15, 0.2) is 5.78 Å². The second kappa shape index (κ2) is 6.44. The maximum Gasteiger partial charge on any atom is 0.176 e. The Morgan fingerprint density at radius 3 is 2.75 bits per heavy atom. The fourth-order valence-electron chi connectivity index (χ4n) is 1.59. The third-order valence-electron chi connectivity index (χ3n) is 2.46. The van der Waals surface area contributed by atoms with Crippen LogP contribution in [0.4, 0.5) is 0 Å². The molecule has 1 rings (SSSR count). The van der Waals surface area contributed by atoms with Gasteiger partial charge < -0.3 is 5.32 Å². The molecule has 0 spiro atoms. The molecule has 0 bridgehead atoms. The fourth-order valence-corrected chi connectivity index (χ4v) is 1.59. The van der Waals surface area contributed by atoms with Gasteiger partial charge in [-0.25, -0.2) is 0 Å². The third kappa shape index (κ3) is 4.15. The first-order valence-electron chi connectivity index (χ1n) is 5.99. The molecule has 0 aliphatic carbocycles. The van der Waals surface area contributed by atoms with E-state index in [-0.39, 0.29) is 5.78 Å². The van der Waals surface area contributed by atoms with Gasteiger partial charge in [-0.15, -0.1) is 0 Å². The number of carbonyl (C=O) groups excluding carboxylic acids is 1. The molecular weight excluding hydrogens is 198 g/mol. The summed E-state index contributed by atoms with van der Waals surface area (Å²) >= 11 is 0. The predicted molar refractivity (Wildman–Crippen MR) is 67.9 cm³/mol. The zero-order chi connectivity index (χ0) is 12.0. The summed E-state index contributed by atoms with van der Waals surface area (Å²) in [7, 11) is 0. The molecule has 88 valence electrons. The fraction of sp³-hybridized carbons (Fsp3) is 0.500. The van der Waals surface area contributed by atoms with E-state index >= 15 is 0 Å². The van der Waals surface area contributed by atoms with E-state index in [1.54, 1.807) is 0 Å². The summed E-state index contributed by atoms with van der Waals surface area (Å²) in [5.74, 6) is 0.173. The Balaban J connectivity index is 2.64. The lowest BCUT2D eigenvalue weighted by Crippen LogP contribution is -2.29. The minimum Gasteiger partial charge on any atom is -0.307 e. The highest BCUT2D eigenvalue weighted by atomic mass is 16.1. The van der Waals surface area contributed by atoms with Gasteiger partial charge in [-0.3, -0.25) is 4.79 Å². The summed E-state index contributed by atoms with van der Waals surface area (Å²) in [6, 6.07) is 8.30. The van der Waals surface area contributed by atoms with Crippen molar-refractivity contribution in [2.75, 3.05) is 6.54 Å². The first-order chi connectivity index (χ1) is 7.63. The van der Waals surface area contributed by atoms with Crippen LogP contribution in [0.5, 0.6) is 0 Å². The quantitative estimate of drug-likeness (QED) is 0.745. The Kier molecular flexibility index (Phi) is 5.20. The van der Waals surface area contributed by atoms with Gasteiger partial charge in [0.1, 0.15) is 0 Å². The number of ketones is 1. The largest absolute Gasteiger partial charge is 0.307 e. The maximum atomic E-state index is 11.8. The van der Waals surface area contributed by atoms with Crippen LogP contribution in [0, 0.1) is 0 Å². The number of hydrogen-bond acceptors (Lipinski definition) is 2. The van der Waals surface area contributed by atoms with Crippen molar-refractivity contribution in [1.29, 1.82) is 0 Å². The number of aryl methyl sites for hydroxylation is 1. The lowest BCUT2D eigenvalue weighted by atomic mass is 10.0. The van der Waals surface area contributed by atoms with Gasteiger partial charge in [0.05, 0.1) is 6.54 Å². The van der Waals surface area contributed by atoms with Crippen molar-refractivity contribution < 1.29 is 4.79 Å². The van der Waals surface area contributed by atoms with Crippen LogP contribution in [0.3, 0.4) is 0 Å². The molecule has 1 aromatic rings. The summed E-state index contributed by atoms with van der Waals surface area (Å²) in [6.45, 7) is 6.66. The van der Waals surface area contributed by atoms with E-state index in [0.29, 0.717) is 12.6 Å². The Bertz CT molecular complexity index is 344. The van der Waals surface area contributed by atoms with E-state index in [4.69, 9.17) is 0 Å². The molecule has 0 unspecified atom stereocenters. The molecule has 0 radical (unpaired) electrons. The highest BCUT2D eigenvalue weighted by Crippen LogP contribution is 2.08. The molecule has 1 aromatic carbocycles.